The van der Waals surface area contributed by atoms with Gasteiger partial charge in [-0.05, 0) is 37.9 Å². The Morgan fingerprint density at radius 3 is 2.50 bits per heavy atom. The molecule has 0 aliphatic carbocycles. The predicted octanol–water partition coefficient (Wildman–Crippen LogP) is 1.80. The van der Waals surface area contributed by atoms with E-state index in [9.17, 15) is 9.00 Å². The quantitative estimate of drug-likeness (QED) is 0.603. The van der Waals surface area contributed by atoms with Crippen molar-refractivity contribution in [2.75, 3.05) is 12.3 Å². The van der Waals surface area contributed by atoms with Crippen LogP contribution in [0.25, 0.3) is 0 Å². The Morgan fingerprint density at radius 2 is 2.07 bits per heavy atom. The first-order valence-corrected chi connectivity index (χ1v) is 6.47. The zero-order chi connectivity index (χ0) is 11.2. The van der Waals surface area contributed by atoms with Crippen LogP contribution < -0.4 is 5.32 Å². The van der Waals surface area contributed by atoms with E-state index in [1.807, 2.05) is 0 Å². The molecule has 0 aromatic carbocycles. The first kappa shape index (κ1) is 13.7. The highest BCUT2D eigenvalue weighted by Crippen LogP contribution is 2.06. The zero-order valence-electron chi connectivity index (χ0n) is 8.63. The number of halogens is 1. The standard InChI is InChI=1S/C8H16ClNO3S/c1-8(2,3)13-7(11)10-5-4-6-14(9)12/h4-6H2,1-3H3,(H,10,11). The lowest BCUT2D eigenvalue weighted by atomic mass is 10.2. The topological polar surface area (TPSA) is 55.4 Å². The molecule has 4 nitrogen and oxygen atoms in total. The molecule has 0 radical (unpaired) electrons. The number of carbonyl (C=O) groups excluding carboxylic acids is 1. The second-order valence-corrected chi connectivity index (χ2v) is 5.80. The smallest absolute Gasteiger partial charge is 0.407 e. The van der Waals surface area contributed by atoms with Crippen LogP contribution in [0.1, 0.15) is 27.2 Å². The number of hydrogen-bond donors (Lipinski definition) is 1. The molecule has 6 heteroatoms. The van der Waals surface area contributed by atoms with E-state index >= 15 is 0 Å². The summed E-state index contributed by atoms with van der Waals surface area (Å²) in [5.41, 5.74) is -0.487. The van der Waals surface area contributed by atoms with Crippen LogP contribution in [0.4, 0.5) is 4.79 Å². The molecular formula is C8H16ClNO3S. The molecule has 0 saturated carbocycles. The summed E-state index contributed by atoms with van der Waals surface area (Å²) in [7, 11) is 3.91. The number of carbonyl (C=O) groups is 1. The van der Waals surface area contributed by atoms with Crippen molar-refractivity contribution in [3.8, 4) is 0 Å². The Kier molecular flexibility index (Phi) is 6.11. The normalized spacial score (nSPS) is 13.4. The van der Waals surface area contributed by atoms with Crippen molar-refractivity contribution in [3.63, 3.8) is 0 Å². The third-order valence-corrected chi connectivity index (χ3v) is 2.22. The maximum atomic E-state index is 11.1. The number of rotatable bonds is 4. The Balaban J connectivity index is 3.50. The van der Waals surface area contributed by atoms with Crippen molar-refractivity contribution in [1.82, 2.24) is 5.32 Å². The van der Waals surface area contributed by atoms with E-state index in [4.69, 9.17) is 15.4 Å². The van der Waals surface area contributed by atoms with Gasteiger partial charge in [0.15, 0.2) is 0 Å². The zero-order valence-corrected chi connectivity index (χ0v) is 10.2. The van der Waals surface area contributed by atoms with E-state index in [2.05, 4.69) is 5.32 Å². The van der Waals surface area contributed by atoms with E-state index in [0.717, 1.165) is 0 Å². The van der Waals surface area contributed by atoms with Crippen molar-refractivity contribution in [2.45, 2.75) is 32.8 Å². The van der Waals surface area contributed by atoms with Gasteiger partial charge < -0.3 is 10.1 Å². The lowest BCUT2D eigenvalue weighted by molar-refractivity contribution is 0.0528. The summed E-state index contributed by atoms with van der Waals surface area (Å²) in [5.74, 6) is 0.372. The molecule has 1 N–H and O–H groups in total. The molecule has 14 heavy (non-hydrogen) atoms. The van der Waals surface area contributed by atoms with E-state index in [0.29, 0.717) is 18.7 Å². The van der Waals surface area contributed by atoms with Crippen molar-refractivity contribution in [3.05, 3.63) is 0 Å². The minimum absolute atomic E-state index is 0.372. The third-order valence-electron chi connectivity index (χ3n) is 1.15. The first-order valence-electron chi connectivity index (χ1n) is 4.33. The van der Waals surface area contributed by atoms with Gasteiger partial charge >= 0.3 is 6.09 Å². The van der Waals surface area contributed by atoms with Gasteiger partial charge in [0, 0.05) is 12.3 Å². The Bertz CT molecular complexity index is 215. The summed E-state index contributed by atoms with van der Waals surface area (Å²) >= 11 is 0. The van der Waals surface area contributed by atoms with Crippen molar-refractivity contribution in [1.29, 1.82) is 0 Å². The van der Waals surface area contributed by atoms with Gasteiger partial charge in [0.2, 0.25) is 0 Å². The lowest BCUT2D eigenvalue weighted by Gasteiger charge is -2.19. The lowest BCUT2D eigenvalue weighted by Crippen LogP contribution is -2.33. The van der Waals surface area contributed by atoms with E-state index < -0.39 is 21.7 Å². The van der Waals surface area contributed by atoms with Crippen molar-refractivity contribution < 1.29 is 13.7 Å². The highest BCUT2D eigenvalue weighted by molar-refractivity contribution is 8.08. The fourth-order valence-corrected chi connectivity index (χ4v) is 1.39. The van der Waals surface area contributed by atoms with Crippen LogP contribution in [0.2, 0.25) is 0 Å². The molecule has 1 unspecified atom stereocenters. The maximum absolute atomic E-state index is 11.1. The van der Waals surface area contributed by atoms with Gasteiger partial charge in [-0.15, -0.1) is 0 Å². The minimum Gasteiger partial charge on any atom is -0.444 e. The summed E-state index contributed by atoms with van der Waals surface area (Å²) in [4.78, 5) is 11.1. The Hall–Kier alpha value is -0.290. The van der Waals surface area contributed by atoms with Gasteiger partial charge in [-0.1, -0.05) is 0 Å². The number of hydrogen-bond acceptors (Lipinski definition) is 3. The molecule has 0 aromatic rings. The van der Waals surface area contributed by atoms with E-state index in [1.165, 1.54) is 0 Å². The molecule has 0 aliphatic rings. The Labute approximate surface area is 91.3 Å². The molecule has 0 rings (SSSR count). The molecule has 0 aromatic heterocycles. The molecule has 0 fully saturated rings. The fourth-order valence-electron chi connectivity index (χ4n) is 0.690. The second-order valence-electron chi connectivity index (χ2n) is 3.78. The average molecular weight is 242 g/mol. The molecule has 0 heterocycles. The fraction of sp³-hybridized carbons (Fsp3) is 0.875. The maximum Gasteiger partial charge on any atom is 0.407 e. The average Bonchev–Trinajstić information content (AvgIpc) is 1.94. The first-order chi connectivity index (χ1) is 6.31. The van der Waals surface area contributed by atoms with Crippen molar-refractivity contribution in [2.24, 2.45) is 0 Å². The monoisotopic (exact) mass is 241 g/mol. The largest absolute Gasteiger partial charge is 0.444 e. The van der Waals surface area contributed by atoms with Crippen molar-refractivity contribution >= 4 is 26.8 Å². The van der Waals surface area contributed by atoms with Gasteiger partial charge in [0.05, 0.1) is 0 Å². The summed E-state index contributed by atoms with van der Waals surface area (Å²) in [6.07, 6.45) is 0.118. The number of ether oxygens (including phenoxy) is 1. The molecule has 0 aliphatic heterocycles. The van der Waals surface area contributed by atoms with E-state index in [-0.39, 0.29) is 0 Å². The molecule has 84 valence electrons. The van der Waals surface area contributed by atoms with Crippen LogP contribution >= 0.6 is 10.7 Å². The second kappa shape index (κ2) is 6.24. The number of amides is 1. The van der Waals surface area contributed by atoms with Crippen LogP contribution in [0.3, 0.4) is 0 Å². The third kappa shape index (κ3) is 9.80. The number of alkyl carbamates (subject to hydrolysis) is 1. The highest BCUT2D eigenvalue weighted by atomic mass is 35.7. The van der Waals surface area contributed by atoms with Gasteiger partial charge in [-0.25, -0.2) is 9.00 Å². The molecule has 0 spiro atoms. The predicted molar refractivity (Wildman–Crippen MR) is 57.7 cm³/mol. The van der Waals surface area contributed by atoms with Crippen LogP contribution in [0.15, 0.2) is 0 Å². The molecule has 1 amide bonds. The van der Waals surface area contributed by atoms with Gasteiger partial charge in [0.1, 0.15) is 15.6 Å². The molecular weight excluding hydrogens is 226 g/mol. The van der Waals surface area contributed by atoms with Gasteiger partial charge in [0.25, 0.3) is 0 Å². The summed E-state index contributed by atoms with van der Waals surface area (Å²) in [6.45, 7) is 5.80. The van der Waals surface area contributed by atoms with Crippen LogP contribution in [-0.2, 0) is 14.7 Å². The Morgan fingerprint density at radius 1 is 1.50 bits per heavy atom. The minimum atomic E-state index is -1.32. The SMILES string of the molecule is CC(C)(C)OC(=O)NCCCS(=O)Cl. The summed E-state index contributed by atoms with van der Waals surface area (Å²) in [5, 5.41) is 2.54. The van der Waals surface area contributed by atoms with Crippen LogP contribution in [-0.4, -0.2) is 28.2 Å². The molecule has 0 bridgehead atoms. The van der Waals surface area contributed by atoms with E-state index in [1.54, 1.807) is 20.8 Å². The molecule has 0 saturated heterocycles. The summed E-state index contributed by atoms with van der Waals surface area (Å²) in [6, 6.07) is 0. The summed E-state index contributed by atoms with van der Waals surface area (Å²) < 4.78 is 15.4. The number of nitrogens with one attached hydrogen (secondary N) is 1. The highest BCUT2D eigenvalue weighted by Gasteiger charge is 2.15. The van der Waals surface area contributed by atoms with Gasteiger partial charge in [-0.3, -0.25) is 0 Å². The molecule has 1 atom stereocenters. The van der Waals surface area contributed by atoms with Crippen LogP contribution in [0.5, 0.6) is 0 Å². The van der Waals surface area contributed by atoms with Gasteiger partial charge in [-0.2, -0.15) is 0 Å². The van der Waals surface area contributed by atoms with Crippen LogP contribution in [0, 0.1) is 0 Å².